The first-order valence-corrected chi connectivity index (χ1v) is 12.3. The van der Waals surface area contributed by atoms with Crippen molar-refractivity contribution >= 4 is 23.5 Å². The Morgan fingerprint density at radius 2 is 1.73 bits per heavy atom. The number of carboxylic acids is 1. The zero-order valence-corrected chi connectivity index (χ0v) is 21.2. The van der Waals surface area contributed by atoms with Crippen molar-refractivity contribution in [1.82, 2.24) is 0 Å². The number of halogens is 3. The molecule has 3 atom stereocenters. The number of hydrogen-bond donors (Lipinski definition) is 1. The molecule has 3 aromatic rings. The summed E-state index contributed by atoms with van der Waals surface area (Å²) < 4.78 is 43.0. The average Bonchev–Trinajstić information content (AvgIpc) is 3.67. The fourth-order valence-corrected chi connectivity index (χ4v) is 5.04. The molecule has 1 aliphatic carbocycles. The van der Waals surface area contributed by atoms with Crippen molar-refractivity contribution in [1.29, 1.82) is 0 Å². The van der Waals surface area contributed by atoms with Crippen LogP contribution in [0.25, 0.3) is 0 Å². The van der Waals surface area contributed by atoms with Gasteiger partial charge in [0.2, 0.25) is 0 Å². The molecule has 1 N–H and O–H groups in total. The van der Waals surface area contributed by atoms with Crippen LogP contribution in [0.2, 0.25) is 5.02 Å². The number of aliphatic carboxylic acids is 1. The van der Waals surface area contributed by atoms with Gasteiger partial charge >= 0.3 is 11.9 Å². The summed E-state index contributed by atoms with van der Waals surface area (Å²) in [6, 6.07) is 18.8. The smallest absolute Gasteiger partial charge is 0.346 e. The van der Waals surface area contributed by atoms with Gasteiger partial charge in [-0.05, 0) is 73.2 Å². The maximum atomic E-state index is 17.3. The monoisotopic (exact) mass is 528 g/mol. The maximum Gasteiger partial charge on any atom is 0.346 e. The second-order valence-electron chi connectivity index (χ2n) is 9.56. The number of carboxylic acid groups (broad SMARTS) is 1. The number of ether oxygens (including phenoxy) is 2. The van der Waals surface area contributed by atoms with Gasteiger partial charge in [-0.25, -0.2) is 13.6 Å². The Kier molecular flexibility index (Phi) is 7.55. The first kappa shape index (κ1) is 26.6. The lowest BCUT2D eigenvalue weighted by molar-refractivity contribution is -0.194. The van der Waals surface area contributed by atoms with Crippen molar-refractivity contribution in [2.75, 3.05) is 0 Å². The van der Waals surface area contributed by atoms with Crippen LogP contribution >= 0.6 is 11.6 Å². The van der Waals surface area contributed by atoms with Gasteiger partial charge in [0, 0.05) is 24.3 Å². The highest BCUT2D eigenvalue weighted by molar-refractivity contribution is 6.30. The van der Waals surface area contributed by atoms with Gasteiger partial charge in [-0.2, -0.15) is 0 Å². The van der Waals surface area contributed by atoms with Gasteiger partial charge in [-0.1, -0.05) is 48.0 Å². The van der Waals surface area contributed by atoms with Crippen molar-refractivity contribution < 1.29 is 33.0 Å². The van der Waals surface area contributed by atoms with Crippen LogP contribution in [-0.4, -0.2) is 28.3 Å². The molecule has 5 nitrogen and oxygen atoms in total. The summed E-state index contributed by atoms with van der Waals surface area (Å²) in [5.74, 6) is -4.32. The number of carbonyl (C=O) groups excluding carboxylic acids is 1. The average molecular weight is 529 g/mol. The summed E-state index contributed by atoms with van der Waals surface area (Å²) in [6.45, 7) is 2.37. The van der Waals surface area contributed by atoms with E-state index in [-0.39, 0.29) is 18.1 Å². The molecule has 0 aliphatic heterocycles. The molecule has 4 rings (SSSR count). The van der Waals surface area contributed by atoms with Crippen molar-refractivity contribution in [2.45, 2.75) is 50.3 Å². The molecule has 0 spiro atoms. The topological polar surface area (TPSA) is 72.8 Å². The molecule has 194 valence electrons. The predicted octanol–water partition coefficient (Wildman–Crippen LogP) is 7.12. The van der Waals surface area contributed by atoms with Crippen LogP contribution in [-0.2, 0) is 20.7 Å². The number of carbonyl (C=O) groups is 2. The highest BCUT2D eigenvalue weighted by Crippen LogP contribution is 2.55. The van der Waals surface area contributed by atoms with Crippen LogP contribution in [0.15, 0.2) is 72.8 Å². The minimum Gasteiger partial charge on any atom is -0.479 e. The van der Waals surface area contributed by atoms with E-state index in [9.17, 15) is 19.1 Å². The SMILES string of the molecule is CC(=O)O[C@@](C)(Cc1ccc(F)c(Oc2ccccc2)c1)[C@](F)(C(=O)O)[C@H](c1ccc(Cl)cc1)C1CC1. The minimum atomic E-state index is -3.01. The third-order valence-electron chi connectivity index (χ3n) is 6.71. The highest BCUT2D eigenvalue weighted by atomic mass is 35.5. The predicted molar refractivity (Wildman–Crippen MR) is 135 cm³/mol. The van der Waals surface area contributed by atoms with E-state index in [0.717, 1.165) is 13.0 Å². The molecular weight excluding hydrogens is 502 g/mol. The molecule has 0 aromatic heterocycles. The summed E-state index contributed by atoms with van der Waals surface area (Å²) in [4.78, 5) is 24.9. The molecule has 0 bridgehead atoms. The van der Waals surface area contributed by atoms with Crippen LogP contribution in [0.1, 0.15) is 43.7 Å². The van der Waals surface area contributed by atoms with Gasteiger partial charge in [-0.15, -0.1) is 0 Å². The van der Waals surface area contributed by atoms with Crippen molar-refractivity contribution in [3.8, 4) is 11.5 Å². The van der Waals surface area contributed by atoms with Crippen molar-refractivity contribution in [3.63, 3.8) is 0 Å². The lowest BCUT2D eigenvalue weighted by Crippen LogP contribution is -2.61. The zero-order chi connectivity index (χ0) is 26.8. The second-order valence-corrected chi connectivity index (χ2v) is 10.0. The summed E-state index contributed by atoms with van der Waals surface area (Å²) in [6.07, 6.45) is 0.930. The van der Waals surface area contributed by atoms with E-state index in [0.29, 0.717) is 34.7 Å². The second kappa shape index (κ2) is 10.5. The Labute approximate surface area is 219 Å². The standard InChI is InChI=1S/C29H27ClF2O5/c1-18(33)37-28(2,17-19-8-15-24(31)25(16-19)36-23-6-4-3-5-7-23)29(32,27(34)35)26(20-9-10-20)21-11-13-22(30)14-12-21/h3-8,11-16,20,26H,9-10,17H2,1-2H3,(H,34,35)/t26-,28-,29+/m0/s1. The van der Waals surface area contributed by atoms with Gasteiger partial charge in [0.15, 0.2) is 17.2 Å². The van der Waals surface area contributed by atoms with E-state index in [4.69, 9.17) is 21.1 Å². The molecule has 0 radical (unpaired) electrons. The van der Waals surface area contributed by atoms with Crippen LogP contribution in [0.3, 0.4) is 0 Å². The number of benzene rings is 3. The van der Waals surface area contributed by atoms with E-state index in [1.54, 1.807) is 54.6 Å². The Bertz CT molecular complexity index is 1280. The first-order valence-electron chi connectivity index (χ1n) is 11.9. The lowest BCUT2D eigenvalue weighted by atomic mass is 9.68. The fourth-order valence-electron chi connectivity index (χ4n) is 4.91. The normalized spacial score (nSPS) is 17.2. The number of rotatable bonds is 10. The van der Waals surface area contributed by atoms with Gasteiger partial charge in [0.25, 0.3) is 5.67 Å². The molecule has 0 unspecified atom stereocenters. The van der Waals surface area contributed by atoms with Crippen molar-refractivity contribution in [2.24, 2.45) is 5.92 Å². The van der Waals surface area contributed by atoms with Crippen LogP contribution in [0.4, 0.5) is 8.78 Å². The lowest BCUT2D eigenvalue weighted by Gasteiger charge is -2.44. The molecule has 8 heteroatoms. The van der Waals surface area contributed by atoms with Crippen molar-refractivity contribution in [3.05, 3.63) is 94.8 Å². The number of hydrogen-bond acceptors (Lipinski definition) is 4. The molecule has 37 heavy (non-hydrogen) atoms. The van der Waals surface area contributed by atoms with Gasteiger partial charge in [-0.3, -0.25) is 4.79 Å². The largest absolute Gasteiger partial charge is 0.479 e. The number of para-hydroxylation sites is 1. The number of alkyl halides is 1. The van der Waals surface area contributed by atoms with Gasteiger partial charge in [0.1, 0.15) is 5.75 Å². The van der Waals surface area contributed by atoms with Gasteiger partial charge < -0.3 is 14.6 Å². The minimum absolute atomic E-state index is 0.120. The molecule has 0 amide bonds. The maximum absolute atomic E-state index is 17.3. The summed E-state index contributed by atoms with van der Waals surface area (Å²) in [5, 5.41) is 10.8. The molecule has 1 fully saturated rings. The van der Waals surface area contributed by atoms with Gasteiger partial charge in [0.05, 0.1) is 0 Å². The quantitative estimate of drug-likeness (QED) is 0.283. The Morgan fingerprint density at radius 1 is 1.08 bits per heavy atom. The zero-order valence-electron chi connectivity index (χ0n) is 20.4. The summed E-state index contributed by atoms with van der Waals surface area (Å²) in [5.41, 5.74) is -4.37. The molecule has 0 saturated heterocycles. The van der Waals surface area contributed by atoms with E-state index < -0.39 is 34.9 Å². The third kappa shape index (κ3) is 5.62. The number of esters is 1. The van der Waals surface area contributed by atoms with E-state index in [1.165, 1.54) is 19.1 Å². The fraction of sp³-hybridized carbons (Fsp3) is 0.310. The van der Waals surface area contributed by atoms with Crippen LogP contribution in [0, 0.1) is 11.7 Å². The van der Waals surface area contributed by atoms with Crippen LogP contribution in [0.5, 0.6) is 11.5 Å². The molecule has 1 saturated carbocycles. The van der Waals surface area contributed by atoms with E-state index in [1.807, 2.05) is 0 Å². The summed E-state index contributed by atoms with van der Waals surface area (Å²) >= 11 is 6.02. The van der Waals surface area contributed by atoms with E-state index in [2.05, 4.69) is 0 Å². The Hall–Kier alpha value is -3.45. The highest BCUT2D eigenvalue weighted by Gasteiger charge is 2.65. The first-order chi connectivity index (χ1) is 17.5. The molecule has 3 aromatic carbocycles. The Balaban J connectivity index is 1.77. The van der Waals surface area contributed by atoms with E-state index >= 15 is 4.39 Å². The molecular formula is C29H27ClF2O5. The third-order valence-corrected chi connectivity index (χ3v) is 6.96. The Morgan fingerprint density at radius 3 is 2.30 bits per heavy atom. The molecule has 0 heterocycles. The van der Waals surface area contributed by atoms with Crippen LogP contribution < -0.4 is 4.74 Å². The summed E-state index contributed by atoms with van der Waals surface area (Å²) in [7, 11) is 0. The molecule has 1 aliphatic rings.